The fourth-order valence-electron chi connectivity index (χ4n) is 2.30. The molecule has 0 aliphatic heterocycles. The van der Waals surface area contributed by atoms with E-state index >= 15 is 0 Å². The smallest absolute Gasteiger partial charge is 0.0898 e. The SMILES string of the molecule is CCC(N)Cc1ccc(Br)cc1N(C)Cc1csc(C)n1. The van der Waals surface area contributed by atoms with Gasteiger partial charge >= 0.3 is 0 Å². The van der Waals surface area contributed by atoms with Crippen LogP contribution in [0.1, 0.15) is 29.6 Å². The van der Waals surface area contributed by atoms with Crippen LogP contribution in [0.15, 0.2) is 28.1 Å². The van der Waals surface area contributed by atoms with E-state index in [9.17, 15) is 0 Å². The Hall–Kier alpha value is -0.910. The fourth-order valence-corrected chi connectivity index (χ4v) is 3.25. The van der Waals surface area contributed by atoms with Gasteiger partial charge in [0.25, 0.3) is 0 Å². The van der Waals surface area contributed by atoms with E-state index in [0.717, 1.165) is 34.6 Å². The minimum atomic E-state index is 0.208. The molecular formula is C16H22BrN3S. The molecular weight excluding hydrogens is 346 g/mol. The molecule has 0 fully saturated rings. The first kappa shape index (κ1) is 16.5. The van der Waals surface area contributed by atoms with Crippen molar-refractivity contribution in [1.29, 1.82) is 0 Å². The lowest BCUT2D eigenvalue weighted by Gasteiger charge is -2.23. The van der Waals surface area contributed by atoms with Crippen LogP contribution in [0, 0.1) is 6.92 Å². The van der Waals surface area contributed by atoms with Crippen molar-refractivity contribution in [3.63, 3.8) is 0 Å². The number of halogens is 1. The molecule has 2 rings (SSSR count). The molecule has 1 unspecified atom stereocenters. The minimum Gasteiger partial charge on any atom is -0.368 e. The number of aromatic nitrogens is 1. The van der Waals surface area contributed by atoms with Gasteiger partial charge in [0.05, 0.1) is 17.2 Å². The molecule has 0 aliphatic rings. The zero-order chi connectivity index (χ0) is 15.4. The molecule has 0 bridgehead atoms. The summed E-state index contributed by atoms with van der Waals surface area (Å²) in [4.78, 5) is 6.79. The van der Waals surface area contributed by atoms with Gasteiger partial charge in [-0.2, -0.15) is 0 Å². The summed E-state index contributed by atoms with van der Waals surface area (Å²) in [7, 11) is 2.11. The number of nitrogens with two attached hydrogens (primary N) is 1. The normalized spacial score (nSPS) is 12.4. The number of anilines is 1. The summed E-state index contributed by atoms with van der Waals surface area (Å²) < 4.78 is 1.09. The highest BCUT2D eigenvalue weighted by Gasteiger charge is 2.12. The Bertz CT molecular complexity index is 597. The molecule has 0 aliphatic carbocycles. The first-order valence-corrected chi connectivity index (χ1v) is 8.83. The van der Waals surface area contributed by atoms with E-state index in [1.54, 1.807) is 11.3 Å². The molecule has 1 atom stereocenters. The van der Waals surface area contributed by atoms with Crippen LogP contribution in [-0.4, -0.2) is 18.1 Å². The highest BCUT2D eigenvalue weighted by molar-refractivity contribution is 9.10. The average molecular weight is 368 g/mol. The molecule has 3 nitrogen and oxygen atoms in total. The summed E-state index contributed by atoms with van der Waals surface area (Å²) in [6.45, 7) is 4.99. The van der Waals surface area contributed by atoms with Crippen molar-refractivity contribution >= 4 is 33.0 Å². The molecule has 0 saturated carbocycles. The van der Waals surface area contributed by atoms with Crippen LogP contribution in [0.2, 0.25) is 0 Å². The molecule has 21 heavy (non-hydrogen) atoms. The number of thiazole rings is 1. The largest absolute Gasteiger partial charge is 0.368 e. The van der Waals surface area contributed by atoms with Gasteiger partial charge in [0.15, 0.2) is 0 Å². The van der Waals surface area contributed by atoms with E-state index in [4.69, 9.17) is 5.73 Å². The number of hydrogen-bond donors (Lipinski definition) is 1. The Morgan fingerprint density at radius 2 is 2.19 bits per heavy atom. The van der Waals surface area contributed by atoms with Crippen LogP contribution in [0.25, 0.3) is 0 Å². The third-order valence-corrected chi connectivity index (χ3v) is 4.85. The van der Waals surface area contributed by atoms with Crippen molar-refractivity contribution < 1.29 is 0 Å². The number of benzene rings is 1. The Morgan fingerprint density at radius 3 is 2.81 bits per heavy atom. The van der Waals surface area contributed by atoms with Gasteiger partial charge in [-0.15, -0.1) is 11.3 Å². The van der Waals surface area contributed by atoms with E-state index in [1.165, 1.54) is 11.3 Å². The predicted octanol–water partition coefficient (Wildman–Crippen LogP) is 4.13. The molecule has 0 radical (unpaired) electrons. The number of nitrogens with zero attached hydrogens (tertiary/aromatic N) is 2. The van der Waals surface area contributed by atoms with Crippen LogP contribution in [0.3, 0.4) is 0 Å². The summed E-state index contributed by atoms with van der Waals surface area (Å²) >= 11 is 5.26. The maximum atomic E-state index is 6.13. The Labute approximate surface area is 139 Å². The van der Waals surface area contributed by atoms with Gasteiger partial charge in [-0.25, -0.2) is 4.98 Å². The second kappa shape index (κ2) is 7.38. The maximum Gasteiger partial charge on any atom is 0.0898 e. The van der Waals surface area contributed by atoms with Gasteiger partial charge in [0, 0.05) is 28.6 Å². The number of hydrogen-bond acceptors (Lipinski definition) is 4. The average Bonchev–Trinajstić information content (AvgIpc) is 2.85. The molecule has 1 aromatic carbocycles. The molecule has 0 spiro atoms. The Morgan fingerprint density at radius 1 is 1.43 bits per heavy atom. The quantitative estimate of drug-likeness (QED) is 0.834. The van der Waals surface area contributed by atoms with Crippen LogP contribution in [-0.2, 0) is 13.0 Å². The third kappa shape index (κ3) is 4.53. The van der Waals surface area contributed by atoms with Crippen molar-refractivity contribution in [2.24, 2.45) is 5.73 Å². The van der Waals surface area contributed by atoms with Gasteiger partial charge < -0.3 is 10.6 Å². The molecule has 0 saturated heterocycles. The highest BCUT2D eigenvalue weighted by Crippen LogP contribution is 2.27. The lowest BCUT2D eigenvalue weighted by molar-refractivity contribution is 0.645. The molecule has 1 heterocycles. The maximum absolute atomic E-state index is 6.13. The second-order valence-electron chi connectivity index (χ2n) is 5.36. The number of rotatable bonds is 6. The van der Waals surface area contributed by atoms with E-state index in [2.05, 4.69) is 63.4 Å². The van der Waals surface area contributed by atoms with Crippen molar-refractivity contribution in [2.45, 2.75) is 39.3 Å². The minimum absolute atomic E-state index is 0.208. The summed E-state index contributed by atoms with van der Waals surface area (Å²) in [5, 5.41) is 3.24. The first-order valence-electron chi connectivity index (χ1n) is 7.15. The van der Waals surface area contributed by atoms with Crippen LogP contribution in [0.4, 0.5) is 5.69 Å². The van der Waals surface area contributed by atoms with Gasteiger partial charge in [-0.05, 0) is 37.5 Å². The molecule has 5 heteroatoms. The zero-order valence-electron chi connectivity index (χ0n) is 12.8. The molecule has 1 aromatic heterocycles. The van der Waals surface area contributed by atoms with E-state index in [-0.39, 0.29) is 6.04 Å². The fraction of sp³-hybridized carbons (Fsp3) is 0.438. The van der Waals surface area contributed by atoms with E-state index < -0.39 is 0 Å². The van der Waals surface area contributed by atoms with Gasteiger partial charge in [0.2, 0.25) is 0 Å². The Balaban J connectivity index is 2.21. The van der Waals surface area contributed by atoms with E-state index in [0.29, 0.717) is 0 Å². The van der Waals surface area contributed by atoms with Crippen LogP contribution in [0.5, 0.6) is 0 Å². The van der Waals surface area contributed by atoms with Gasteiger partial charge in [-0.1, -0.05) is 28.9 Å². The first-order chi connectivity index (χ1) is 9.99. The standard InChI is InChI=1S/C16H22BrN3S/c1-4-14(18)7-12-5-6-13(17)8-16(12)20(3)9-15-10-21-11(2)19-15/h5-6,8,10,14H,4,7,9,18H2,1-3H3. The third-order valence-electron chi connectivity index (χ3n) is 3.53. The van der Waals surface area contributed by atoms with Crippen molar-refractivity contribution in [3.05, 3.63) is 44.3 Å². The van der Waals surface area contributed by atoms with Gasteiger partial charge in [-0.3, -0.25) is 0 Å². The second-order valence-corrected chi connectivity index (χ2v) is 7.34. The van der Waals surface area contributed by atoms with Crippen LogP contribution < -0.4 is 10.6 Å². The molecule has 114 valence electrons. The van der Waals surface area contributed by atoms with Crippen molar-refractivity contribution in [3.8, 4) is 0 Å². The lowest BCUT2D eigenvalue weighted by atomic mass is 10.0. The highest BCUT2D eigenvalue weighted by atomic mass is 79.9. The van der Waals surface area contributed by atoms with Crippen molar-refractivity contribution in [1.82, 2.24) is 4.98 Å². The van der Waals surface area contributed by atoms with Gasteiger partial charge in [0.1, 0.15) is 0 Å². The zero-order valence-corrected chi connectivity index (χ0v) is 15.2. The van der Waals surface area contributed by atoms with Crippen LogP contribution >= 0.6 is 27.3 Å². The summed E-state index contributed by atoms with van der Waals surface area (Å²) in [5.74, 6) is 0. The molecule has 0 amide bonds. The monoisotopic (exact) mass is 367 g/mol. The topological polar surface area (TPSA) is 42.1 Å². The van der Waals surface area contributed by atoms with E-state index in [1.807, 2.05) is 6.92 Å². The predicted molar refractivity (Wildman–Crippen MR) is 95.1 cm³/mol. The molecule has 2 N–H and O–H groups in total. The Kier molecular flexibility index (Phi) is 5.79. The van der Waals surface area contributed by atoms with Crippen molar-refractivity contribution in [2.75, 3.05) is 11.9 Å². The summed E-state index contributed by atoms with van der Waals surface area (Å²) in [6.07, 6.45) is 1.89. The number of aryl methyl sites for hydroxylation is 1. The lowest BCUT2D eigenvalue weighted by Crippen LogP contribution is -2.24. The summed E-state index contributed by atoms with van der Waals surface area (Å²) in [6, 6.07) is 6.62. The summed E-state index contributed by atoms with van der Waals surface area (Å²) in [5.41, 5.74) is 9.76. The molecule has 2 aromatic rings.